The van der Waals surface area contributed by atoms with Gasteiger partial charge in [0.2, 0.25) is 0 Å². The zero-order valence-electron chi connectivity index (χ0n) is 6.57. The smallest absolute Gasteiger partial charge is 0.252 e. The molecule has 0 radical (unpaired) electrons. The molecular weight excluding hydrogens is 189 g/mol. The fourth-order valence-electron chi connectivity index (χ4n) is 1.04. The van der Waals surface area contributed by atoms with Crippen LogP contribution in [0.5, 0.6) is 0 Å². The summed E-state index contributed by atoms with van der Waals surface area (Å²) in [5.74, 6) is -0.291. The number of benzene rings is 1. The van der Waals surface area contributed by atoms with Gasteiger partial charge in [-0.25, -0.2) is 9.37 Å². The molecule has 66 valence electrons. The second-order valence-corrected chi connectivity index (χ2v) is 2.91. The molecule has 2 rings (SSSR count). The van der Waals surface area contributed by atoms with Gasteiger partial charge < -0.3 is 4.42 Å². The highest BCUT2D eigenvalue weighted by Crippen LogP contribution is 2.20. The number of thiol groups is 1. The maximum absolute atomic E-state index is 12.8. The van der Waals surface area contributed by atoms with Crippen LogP contribution in [-0.4, -0.2) is 4.98 Å². The Bertz CT molecular complexity index is 427. The van der Waals surface area contributed by atoms with E-state index in [1.54, 1.807) is 12.1 Å². The van der Waals surface area contributed by atoms with Crippen LogP contribution in [0, 0.1) is 5.82 Å². The van der Waals surface area contributed by atoms with Gasteiger partial charge in [0, 0.05) is 5.56 Å². The van der Waals surface area contributed by atoms with Crippen molar-refractivity contribution in [3.05, 3.63) is 36.3 Å². The van der Waals surface area contributed by atoms with Crippen molar-refractivity contribution < 1.29 is 8.81 Å². The molecule has 0 amide bonds. The van der Waals surface area contributed by atoms with Gasteiger partial charge in [-0.3, -0.25) is 0 Å². The van der Waals surface area contributed by atoms with E-state index < -0.39 is 0 Å². The number of rotatable bonds is 1. The highest BCUT2D eigenvalue weighted by molar-refractivity contribution is 7.80. The van der Waals surface area contributed by atoms with Crippen molar-refractivity contribution in [3.63, 3.8) is 0 Å². The van der Waals surface area contributed by atoms with Crippen LogP contribution >= 0.6 is 12.6 Å². The fraction of sp³-hybridized carbons (Fsp3) is 0. The SMILES string of the molecule is Fc1cccc(-c2coc(S)n2)c1. The lowest BCUT2D eigenvalue weighted by Crippen LogP contribution is -1.78. The summed E-state index contributed by atoms with van der Waals surface area (Å²) in [6.07, 6.45) is 1.44. The number of oxazole rings is 1. The maximum Gasteiger partial charge on any atom is 0.252 e. The number of hydrogen-bond donors (Lipinski definition) is 1. The van der Waals surface area contributed by atoms with E-state index in [-0.39, 0.29) is 11.0 Å². The van der Waals surface area contributed by atoms with Crippen LogP contribution < -0.4 is 0 Å². The average Bonchev–Trinajstić information content (AvgIpc) is 2.52. The molecule has 0 bridgehead atoms. The van der Waals surface area contributed by atoms with E-state index in [1.165, 1.54) is 18.4 Å². The number of nitrogens with zero attached hydrogens (tertiary/aromatic N) is 1. The molecule has 0 aliphatic heterocycles. The molecule has 0 aliphatic rings. The molecule has 0 N–H and O–H groups in total. The molecule has 1 aromatic carbocycles. The second-order valence-electron chi connectivity index (χ2n) is 2.53. The predicted octanol–water partition coefficient (Wildman–Crippen LogP) is 2.77. The summed E-state index contributed by atoms with van der Waals surface area (Å²) in [6, 6.07) is 6.15. The Morgan fingerprint density at radius 2 is 2.23 bits per heavy atom. The number of halogens is 1. The Labute approximate surface area is 79.8 Å². The van der Waals surface area contributed by atoms with Crippen LogP contribution in [0.15, 0.2) is 40.2 Å². The van der Waals surface area contributed by atoms with Gasteiger partial charge in [-0.15, -0.1) is 0 Å². The van der Waals surface area contributed by atoms with Gasteiger partial charge in [0.05, 0.1) is 0 Å². The molecule has 0 saturated carbocycles. The third-order valence-corrected chi connectivity index (χ3v) is 1.82. The summed E-state index contributed by atoms with van der Waals surface area (Å²) in [7, 11) is 0. The zero-order valence-corrected chi connectivity index (χ0v) is 7.46. The van der Waals surface area contributed by atoms with Gasteiger partial charge in [0.1, 0.15) is 17.8 Å². The van der Waals surface area contributed by atoms with Crippen molar-refractivity contribution in [3.8, 4) is 11.3 Å². The van der Waals surface area contributed by atoms with Crippen molar-refractivity contribution in [2.24, 2.45) is 0 Å². The molecular formula is C9H6FNOS. The van der Waals surface area contributed by atoms with Gasteiger partial charge in [-0.1, -0.05) is 24.8 Å². The van der Waals surface area contributed by atoms with Crippen LogP contribution in [0.1, 0.15) is 0 Å². The highest BCUT2D eigenvalue weighted by Gasteiger charge is 2.03. The lowest BCUT2D eigenvalue weighted by Gasteiger charge is -1.93. The van der Waals surface area contributed by atoms with Gasteiger partial charge in [0.15, 0.2) is 0 Å². The van der Waals surface area contributed by atoms with Crippen molar-refractivity contribution in [1.82, 2.24) is 4.98 Å². The van der Waals surface area contributed by atoms with Crippen LogP contribution in [-0.2, 0) is 0 Å². The molecule has 1 heterocycles. The summed E-state index contributed by atoms with van der Waals surface area (Å²) in [5, 5.41) is 0.277. The maximum atomic E-state index is 12.8. The molecule has 0 aliphatic carbocycles. The Kier molecular flexibility index (Phi) is 2.06. The average molecular weight is 195 g/mol. The standard InChI is InChI=1S/C9H6FNOS/c10-7-3-1-2-6(4-7)8-5-12-9(13)11-8/h1-5H,(H,11,13). The molecule has 2 aromatic rings. The van der Waals surface area contributed by atoms with Gasteiger partial charge in [-0.2, -0.15) is 0 Å². The molecule has 0 fully saturated rings. The second kappa shape index (κ2) is 3.22. The third-order valence-electron chi connectivity index (χ3n) is 1.61. The van der Waals surface area contributed by atoms with Gasteiger partial charge >= 0.3 is 0 Å². The lowest BCUT2D eigenvalue weighted by atomic mass is 10.2. The molecule has 0 unspecified atom stereocenters. The lowest BCUT2D eigenvalue weighted by molar-refractivity contribution is 0.456. The summed E-state index contributed by atoms with van der Waals surface area (Å²) < 4.78 is 17.7. The minimum atomic E-state index is -0.291. The Balaban J connectivity index is 2.46. The zero-order chi connectivity index (χ0) is 9.26. The van der Waals surface area contributed by atoms with Crippen LogP contribution in [0.4, 0.5) is 4.39 Å². The first kappa shape index (κ1) is 8.31. The molecule has 13 heavy (non-hydrogen) atoms. The monoisotopic (exact) mass is 195 g/mol. The first-order valence-electron chi connectivity index (χ1n) is 3.66. The van der Waals surface area contributed by atoms with Crippen molar-refractivity contribution >= 4 is 12.6 Å². The molecule has 0 saturated heterocycles. The first-order valence-corrected chi connectivity index (χ1v) is 4.11. The fourth-order valence-corrected chi connectivity index (χ4v) is 1.21. The van der Waals surface area contributed by atoms with Crippen molar-refractivity contribution in [2.75, 3.05) is 0 Å². The van der Waals surface area contributed by atoms with E-state index in [2.05, 4.69) is 17.6 Å². The predicted molar refractivity (Wildman–Crippen MR) is 49.1 cm³/mol. The number of hydrogen-bond acceptors (Lipinski definition) is 3. The quantitative estimate of drug-likeness (QED) is 0.708. The van der Waals surface area contributed by atoms with Crippen molar-refractivity contribution in [1.29, 1.82) is 0 Å². The summed E-state index contributed by atoms with van der Waals surface area (Å²) in [5.41, 5.74) is 1.27. The third kappa shape index (κ3) is 1.72. The summed E-state index contributed by atoms with van der Waals surface area (Å²) in [6.45, 7) is 0. The minimum absolute atomic E-state index is 0.277. The van der Waals surface area contributed by atoms with E-state index in [1.807, 2.05) is 0 Å². The summed E-state index contributed by atoms with van der Waals surface area (Å²) >= 11 is 3.91. The number of aromatic nitrogens is 1. The van der Waals surface area contributed by atoms with E-state index in [9.17, 15) is 4.39 Å². The van der Waals surface area contributed by atoms with E-state index in [0.717, 1.165) is 0 Å². The Morgan fingerprint density at radius 1 is 1.38 bits per heavy atom. The van der Waals surface area contributed by atoms with E-state index >= 15 is 0 Å². The molecule has 0 spiro atoms. The van der Waals surface area contributed by atoms with E-state index in [0.29, 0.717) is 11.3 Å². The Morgan fingerprint density at radius 3 is 2.85 bits per heavy atom. The minimum Gasteiger partial charge on any atom is -0.439 e. The molecule has 0 atom stereocenters. The largest absolute Gasteiger partial charge is 0.439 e. The molecule has 2 nitrogen and oxygen atoms in total. The normalized spacial score (nSPS) is 10.3. The van der Waals surface area contributed by atoms with Crippen LogP contribution in [0.3, 0.4) is 0 Å². The summed E-state index contributed by atoms with van der Waals surface area (Å²) in [4.78, 5) is 3.95. The van der Waals surface area contributed by atoms with Gasteiger partial charge in [0.25, 0.3) is 5.22 Å². The Hall–Kier alpha value is -1.29. The topological polar surface area (TPSA) is 26.0 Å². The first-order chi connectivity index (χ1) is 6.25. The van der Waals surface area contributed by atoms with Crippen molar-refractivity contribution in [2.45, 2.75) is 5.22 Å². The highest BCUT2D eigenvalue weighted by atomic mass is 32.1. The molecule has 1 aromatic heterocycles. The van der Waals surface area contributed by atoms with Gasteiger partial charge in [-0.05, 0) is 12.1 Å². The van der Waals surface area contributed by atoms with E-state index in [4.69, 9.17) is 4.42 Å². The van der Waals surface area contributed by atoms with Crippen LogP contribution in [0.25, 0.3) is 11.3 Å². The van der Waals surface area contributed by atoms with Crippen LogP contribution in [0.2, 0.25) is 0 Å². The molecule has 4 heteroatoms.